The Morgan fingerprint density at radius 3 is 2.46 bits per heavy atom. The number of amides is 1. The second-order valence-corrected chi connectivity index (χ2v) is 8.57. The molecule has 1 aromatic carbocycles. The van der Waals surface area contributed by atoms with E-state index < -0.39 is 5.60 Å². The van der Waals surface area contributed by atoms with Gasteiger partial charge in [-0.05, 0) is 56.7 Å². The molecule has 3 rings (SSSR count). The standard InChI is InChI=1S/C21H25NO5S/c1-21(2,3)27-20(24)18-8-7-17(28-18)14-5-6-16(25-4)15(13-14)19(23)22-9-11-26-12-10-22/h5-8,13H,9-12H2,1-4H3. The van der Waals surface area contributed by atoms with E-state index in [0.717, 1.165) is 10.4 Å². The van der Waals surface area contributed by atoms with E-state index in [-0.39, 0.29) is 11.9 Å². The highest BCUT2D eigenvalue weighted by atomic mass is 32.1. The average molecular weight is 404 g/mol. The van der Waals surface area contributed by atoms with E-state index in [4.69, 9.17) is 14.2 Å². The number of hydrogen-bond acceptors (Lipinski definition) is 6. The third-order valence-electron chi connectivity index (χ3n) is 4.22. The zero-order valence-electron chi connectivity index (χ0n) is 16.6. The molecule has 1 amide bonds. The van der Waals surface area contributed by atoms with Gasteiger partial charge in [0.15, 0.2) is 0 Å². The van der Waals surface area contributed by atoms with Crippen LogP contribution in [0.3, 0.4) is 0 Å². The van der Waals surface area contributed by atoms with Crippen molar-refractivity contribution in [2.75, 3.05) is 33.4 Å². The van der Waals surface area contributed by atoms with Gasteiger partial charge in [0.1, 0.15) is 16.2 Å². The van der Waals surface area contributed by atoms with Gasteiger partial charge in [-0.3, -0.25) is 4.79 Å². The molecule has 0 saturated carbocycles. The van der Waals surface area contributed by atoms with Gasteiger partial charge >= 0.3 is 5.97 Å². The second-order valence-electron chi connectivity index (χ2n) is 7.49. The van der Waals surface area contributed by atoms with Crippen molar-refractivity contribution in [3.63, 3.8) is 0 Å². The van der Waals surface area contributed by atoms with Crippen molar-refractivity contribution in [3.8, 4) is 16.2 Å². The molecule has 0 radical (unpaired) electrons. The van der Waals surface area contributed by atoms with Crippen LogP contribution in [-0.2, 0) is 9.47 Å². The second kappa shape index (κ2) is 8.32. The minimum atomic E-state index is -0.543. The number of nitrogens with zero attached hydrogens (tertiary/aromatic N) is 1. The molecule has 1 aliphatic rings. The maximum absolute atomic E-state index is 13.0. The fraction of sp³-hybridized carbons (Fsp3) is 0.429. The highest BCUT2D eigenvalue weighted by Gasteiger charge is 2.23. The summed E-state index contributed by atoms with van der Waals surface area (Å²) in [6.07, 6.45) is 0. The normalized spacial score (nSPS) is 14.6. The molecular formula is C21H25NO5S. The first kappa shape index (κ1) is 20.4. The van der Waals surface area contributed by atoms with Gasteiger partial charge in [-0.1, -0.05) is 0 Å². The number of esters is 1. The summed E-state index contributed by atoms with van der Waals surface area (Å²) in [6.45, 7) is 7.73. The van der Waals surface area contributed by atoms with E-state index in [1.54, 1.807) is 24.1 Å². The average Bonchev–Trinajstić information content (AvgIpc) is 3.17. The molecule has 1 saturated heterocycles. The van der Waals surface area contributed by atoms with Crippen LogP contribution in [0.15, 0.2) is 30.3 Å². The molecule has 1 aromatic heterocycles. The largest absolute Gasteiger partial charge is 0.496 e. The maximum atomic E-state index is 13.0. The number of ether oxygens (including phenoxy) is 3. The highest BCUT2D eigenvalue weighted by molar-refractivity contribution is 7.17. The minimum absolute atomic E-state index is 0.0779. The Labute approximate surface area is 169 Å². The minimum Gasteiger partial charge on any atom is -0.496 e. The summed E-state index contributed by atoms with van der Waals surface area (Å²) < 4.78 is 16.2. The Balaban J connectivity index is 1.87. The Morgan fingerprint density at radius 2 is 1.82 bits per heavy atom. The summed E-state index contributed by atoms with van der Waals surface area (Å²) in [4.78, 5) is 28.4. The molecule has 2 heterocycles. The van der Waals surface area contributed by atoms with E-state index in [9.17, 15) is 9.59 Å². The first-order valence-electron chi connectivity index (χ1n) is 9.17. The van der Waals surface area contributed by atoms with Gasteiger partial charge in [-0.15, -0.1) is 11.3 Å². The fourth-order valence-corrected chi connectivity index (χ4v) is 3.78. The Bertz CT molecular complexity index is 862. The van der Waals surface area contributed by atoms with Crippen LogP contribution in [0.1, 0.15) is 40.8 Å². The molecule has 1 aliphatic heterocycles. The zero-order valence-corrected chi connectivity index (χ0v) is 17.4. The monoisotopic (exact) mass is 403 g/mol. The number of carbonyl (C=O) groups is 2. The lowest BCUT2D eigenvalue weighted by molar-refractivity contribution is 0.00751. The summed E-state index contributed by atoms with van der Waals surface area (Å²) in [5.41, 5.74) is 0.824. The Kier molecular flexibility index (Phi) is 6.05. The summed E-state index contributed by atoms with van der Waals surface area (Å²) >= 11 is 1.34. The van der Waals surface area contributed by atoms with Crippen LogP contribution >= 0.6 is 11.3 Å². The predicted molar refractivity (Wildman–Crippen MR) is 108 cm³/mol. The third kappa shape index (κ3) is 4.72. The predicted octanol–water partition coefficient (Wildman–Crippen LogP) is 3.85. The third-order valence-corrected chi connectivity index (χ3v) is 5.33. The SMILES string of the molecule is COc1ccc(-c2ccc(C(=O)OC(C)(C)C)s2)cc1C(=O)N1CCOCC1. The van der Waals surface area contributed by atoms with E-state index in [1.165, 1.54) is 11.3 Å². The number of thiophene rings is 1. The number of methoxy groups -OCH3 is 1. The summed E-state index contributed by atoms with van der Waals surface area (Å²) in [6, 6.07) is 9.12. The maximum Gasteiger partial charge on any atom is 0.348 e. The van der Waals surface area contributed by atoms with Gasteiger partial charge in [0, 0.05) is 18.0 Å². The van der Waals surface area contributed by atoms with Crippen LogP contribution in [0.25, 0.3) is 10.4 Å². The molecule has 0 aliphatic carbocycles. The van der Waals surface area contributed by atoms with Crippen molar-refractivity contribution in [2.45, 2.75) is 26.4 Å². The van der Waals surface area contributed by atoms with Gasteiger partial charge in [0.05, 0.1) is 25.9 Å². The van der Waals surface area contributed by atoms with Crippen LogP contribution in [-0.4, -0.2) is 55.8 Å². The molecule has 0 spiro atoms. The highest BCUT2D eigenvalue weighted by Crippen LogP contribution is 2.33. The summed E-state index contributed by atoms with van der Waals surface area (Å²) in [7, 11) is 1.55. The van der Waals surface area contributed by atoms with Gasteiger partial charge in [-0.2, -0.15) is 0 Å². The topological polar surface area (TPSA) is 65.1 Å². The van der Waals surface area contributed by atoms with Crippen molar-refractivity contribution < 1.29 is 23.8 Å². The van der Waals surface area contributed by atoms with Crippen molar-refractivity contribution in [3.05, 3.63) is 40.8 Å². The molecule has 0 N–H and O–H groups in total. The van der Waals surface area contributed by atoms with Crippen LogP contribution in [0.5, 0.6) is 5.75 Å². The molecule has 2 aromatic rings. The zero-order chi connectivity index (χ0) is 20.3. The molecule has 1 fully saturated rings. The van der Waals surface area contributed by atoms with E-state index in [2.05, 4.69) is 0 Å². The van der Waals surface area contributed by atoms with E-state index >= 15 is 0 Å². The van der Waals surface area contributed by atoms with Crippen molar-refractivity contribution >= 4 is 23.2 Å². The number of carbonyl (C=O) groups excluding carboxylic acids is 2. The van der Waals surface area contributed by atoms with Crippen LogP contribution in [0.4, 0.5) is 0 Å². The Morgan fingerprint density at radius 1 is 1.11 bits per heavy atom. The molecule has 28 heavy (non-hydrogen) atoms. The van der Waals surface area contributed by atoms with Crippen LogP contribution in [0, 0.1) is 0 Å². The van der Waals surface area contributed by atoms with Crippen LogP contribution < -0.4 is 4.74 Å². The smallest absolute Gasteiger partial charge is 0.348 e. The van der Waals surface area contributed by atoms with Crippen molar-refractivity contribution in [1.29, 1.82) is 0 Å². The quantitative estimate of drug-likeness (QED) is 0.726. The molecule has 0 atom stereocenters. The van der Waals surface area contributed by atoms with Crippen molar-refractivity contribution in [2.24, 2.45) is 0 Å². The fourth-order valence-electron chi connectivity index (χ4n) is 2.90. The molecule has 7 heteroatoms. The van der Waals surface area contributed by atoms with Gasteiger partial charge < -0.3 is 19.1 Å². The summed E-state index contributed by atoms with van der Waals surface area (Å²) in [5.74, 6) is 0.108. The van der Waals surface area contributed by atoms with Crippen LogP contribution in [0.2, 0.25) is 0 Å². The molecule has 6 nitrogen and oxygen atoms in total. The van der Waals surface area contributed by atoms with Gasteiger partial charge in [0.25, 0.3) is 5.91 Å². The number of hydrogen-bond donors (Lipinski definition) is 0. The van der Waals surface area contributed by atoms with E-state index in [0.29, 0.717) is 42.5 Å². The molecule has 150 valence electrons. The first-order chi connectivity index (χ1) is 13.3. The summed E-state index contributed by atoms with van der Waals surface area (Å²) in [5, 5.41) is 0. The van der Waals surface area contributed by atoms with Gasteiger partial charge in [-0.25, -0.2) is 4.79 Å². The lowest BCUT2D eigenvalue weighted by atomic mass is 10.1. The molecule has 0 unspecified atom stereocenters. The molecular weight excluding hydrogens is 378 g/mol. The number of morpholine rings is 1. The number of rotatable bonds is 4. The number of benzene rings is 1. The Hall–Kier alpha value is -2.38. The van der Waals surface area contributed by atoms with Gasteiger partial charge in [0.2, 0.25) is 0 Å². The first-order valence-corrected chi connectivity index (χ1v) is 9.99. The lowest BCUT2D eigenvalue weighted by Gasteiger charge is -2.27. The van der Waals surface area contributed by atoms with E-state index in [1.807, 2.05) is 39.0 Å². The molecule has 0 bridgehead atoms. The van der Waals surface area contributed by atoms with Crippen molar-refractivity contribution in [1.82, 2.24) is 4.90 Å². The lowest BCUT2D eigenvalue weighted by Crippen LogP contribution is -2.40.